The van der Waals surface area contributed by atoms with Gasteiger partial charge in [0.1, 0.15) is 0 Å². The summed E-state index contributed by atoms with van der Waals surface area (Å²) in [5.41, 5.74) is 3.35. The highest BCUT2D eigenvalue weighted by Gasteiger charge is 2.08. The molecular formula is C16H22N4. The van der Waals surface area contributed by atoms with Crippen LogP contribution in [-0.4, -0.2) is 23.8 Å². The molecule has 1 aromatic heterocycles. The first-order chi connectivity index (χ1) is 9.72. The largest absolute Gasteiger partial charge is 0.328 e. The molecule has 0 bridgehead atoms. The van der Waals surface area contributed by atoms with E-state index in [0.29, 0.717) is 0 Å². The van der Waals surface area contributed by atoms with E-state index in [0.717, 1.165) is 36.7 Å². The zero-order chi connectivity index (χ0) is 14.4. The molecule has 4 heteroatoms. The van der Waals surface area contributed by atoms with Crippen LogP contribution in [0.15, 0.2) is 36.4 Å². The van der Waals surface area contributed by atoms with Crippen molar-refractivity contribution >= 4 is 11.5 Å². The van der Waals surface area contributed by atoms with Crippen LogP contribution in [0, 0.1) is 6.92 Å². The van der Waals surface area contributed by atoms with Gasteiger partial charge in [-0.1, -0.05) is 25.1 Å². The number of para-hydroxylation sites is 1. The Morgan fingerprint density at radius 1 is 1.10 bits per heavy atom. The molecule has 0 aliphatic rings. The molecule has 20 heavy (non-hydrogen) atoms. The molecule has 0 fully saturated rings. The van der Waals surface area contributed by atoms with Gasteiger partial charge in [0.05, 0.1) is 5.69 Å². The Labute approximate surface area is 120 Å². The number of nitrogens with one attached hydrogen (secondary N) is 1. The van der Waals surface area contributed by atoms with E-state index in [2.05, 4.69) is 46.4 Å². The molecular weight excluding hydrogens is 248 g/mol. The highest BCUT2D eigenvalue weighted by atomic mass is 15.3. The van der Waals surface area contributed by atoms with Crippen LogP contribution < -0.4 is 10.2 Å². The second-order valence-corrected chi connectivity index (χ2v) is 4.91. The highest BCUT2D eigenvalue weighted by molar-refractivity contribution is 5.62. The maximum atomic E-state index is 4.31. The molecule has 1 heterocycles. The Kier molecular flexibility index (Phi) is 5.07. The zero-order valence-corrected chi connectivity index (χ0v) is 12.4. The van der Waals surface area contributed by atoms with Crippen molar-refractivity contribution < 1.29 is 0 Å². The van der Waals surface area contributed by atoms with Crippen molar-refractivity contribution in [2.24, 2.45) is 0 Å². The molecule has 0 spiro atoms. The second kappa shape index (κ2) is 7.01. The first-order valence-electron chi connectivity index (χ1n) is 7.05. The van der Waals surface area contributed by atoms with Gasteiger partial charge in [-0.2, -0.15) is 5.10 Å². The third kappa shape index (κ3) is 3.54. The quantitative estimate of drug-likeness (QED) is 0.819. The van der Waals surface area contributed by atoms with Crippen LogP contribution in [0.4, 0.5) is 11.5 Å². The number of benzene rings is 1. The van der Waals surface area contributed by atoms with E-state index in [4.69, 9.17) is 0 Å². The van der Waals surface area contributed by atoms with Crippen LogP contribution >= 0.6 is 0 Å². The maximum absolute atomic E-state index is 4.31. The third-order valence-electron chi connectivity index (χ3n) is 3.26. The minimum Gasteiger partial charge on any atom is -0.328 e. The lowest BCUT2D eigenvalue weighted by Crippen LogP contribution is -2.17. The van der Waals surface area contributed by atoms with E-state index in [9.17, 15) is 0 Å². The molecule has 0 atom stereocenters. The van der Waals surface area contributed by atoms with Gasteiger partial charge in [0.25, 0.3) is 0 Å². The highest BCUT2D eigenvalue weighted by Crippen LogP contribution is 2.24. The molecule has 0 unspecified atom stereocenters. The summed E-state index contributed by atoms with van der Waals surface area (Å²) in [5.74, 6) is 0.860. The Morgan fingerprint density at radius 3 is 2.55 bits per heavy atom. The molecule has 0 saturated carbocycles. The van der Waals surface area contributed by atoms with E-state index in [-0.39, 0.29) is 0 Å². The summed E-state index contributed by atoms with van der Waals surface area (Å²) >= 11 is 0. The smallest absolute Gasteiger partial charge is 0.155 e. The maximum Gasteiger partial charge on any atom is 0.155 e. The third-order valence-corrected chi connectivity index (χ3v) is 3.26. The standard InChI is InChI=1S/C16H22N4/c1-4-11-17-12-14-9-10-16(19-18-14)20(3)15-8-6-5-7-13(15)2/h5-10,17H,4,11-12H2,1-3H3. The number of anilines is 2. The summed E-state index contributed by atoms with van der Waals surface area (Å²) in [6.45, 7) is 6.03. The lowest BCUT2D eigenvalue weighted by molar-refractivity contribution is 0.656. The summed E-state index contributed by atoms with van der Waals surface area (Å²) < 4.78 is 0. The fourth-order valence-electron chi connectivity index (χ4n) is 2.08. The predicted molar refractivity (Wildman–Crippen MR) is 83.3 cm³/mol. The van der Waals surface area contributed by atoms with Crippen molar-refractivity contribution in [1.29, 1.82) is 0 Å². The SMILES string of the molecule is CCCNCc1ccc(N(C)c2ccccc2C)nn1. The normalized spacial score (nSPS) is 10.6. The summed E-state index contributed by atoms with van der Waals surface area (Å²) in [4.78, 5) is 2.06. The second-order valence-electron chi connectivity index (χ2n) is 4.91. The Bertz CT molecular complexity index is 536. The molecule has 106 valence electrons. The molecule has 2 aromatic rings. The van der Waals surface area contributed by atoms with Gasteiger partial charge >= 0.3 is 0 Å². The van der Waals surface area contributed by atoms with E-state index < -0.39 is 0 Å². The number of nitrogens with zero attached hydrogens (tertiary/aromatic N) is 3. The van der Waals surface area contributed by atoms with Gasteiger partial charge in [0, 0.05) is 19.3 Å². The van der Waals surface area contributed by atoms with E-state index in [1.54, 1.807) is 0 Å². The van der Waals surface area contributed by atoms with E-state index >= 15 is 0 Å². The molecule has 4 nitrogen and oxygen atoms in total. The molecule has 1 aromatic carbocycles. The monoisotopic (exact) mass is 270 g/mol. The number of hydrogen-bond donors (Lipinski definition) is 1. The minimum absolute atomic E-state index is 0.773. The number of aryl methyl sites for hydroxylation is 1. The lowest BCUT2D eigenvalue weighted by Gasteiger charge is -2.19. The van der Waals surface area contributed by atoms with Gasteiger partial charge in [-0.25, -0.2) is 0 Å². The molecule has 1 N–H and O–H groups in total. The fraction of sp³-hybridized carbons (Fsp3) is 0.375. The molecule has 2 rings (SSSR count). The van der Waals surface area contributed by atoms with Crippen molar-refractivity contribution in [2.45, 2.75) is 26.8 Å². The number of rotatable bonds is 6. The van der Waals surface area contributed by atoms with Gasteiger partial charge in [0.2, 0.25) is 0 Å². The van der Waals surface area contributed by atoms with Crippen molar-refractivity contribution in [3.05, 3.63) is 47.7 Å². The van der Waals surface area contributed by atoms with Crippen LogP contribution in [-0.2, 0) is 6.54 Å². The summed E-state index contributed by atoms with van der Waals surface area (Å²) in [6, 6.07) is 12.3. The topological polar surface area (TPSA) is 41.0 Å². The molecule has 0 aliphatic heterocycles. The number of aromatic nitrogens is 2. The molecule has 0 radical (unpaired) electrons. The van der Waals surface area contributed by atoms with Crippen LogP contribution in [0.5, 0.6) is 0 Å². The first kappa shape index (κ1) is 14.5. The Balaban J connectivity index is 2.08. The lowest BCUT2D eigenvalue weighted by atomic mass is 10.2. The first-order valence-corrected chi connectivity index (χ1v) is 7.05. The molecule has 0 aliphatic carbocycles. The minimum atomic E-state index is 0.773. The van der Waals surface area contributed by atoms with Crippen molar-refractivity contribution in [1.82, 2.24) is 15.5 Å². The van der Waals surface area contributed by atoms with Gasteiger partial charge in [-0.3, -0.25) is 0 Å². The molecule has 0 saturated heterocycles. The average molecular weight is 270 g/mol. The van der Waals surface area contributed by atoms with Crippen molar-refractivity contribution in [3.8, 4) is 0 Å². The Morgan fingerprint density at radius 2 is 1.90 bits per heavy atom. The van der Waals surface area contributed by atoms with Gasteiger partial charge in [-0.15, -0.1) is 5.10 Å². The van der Waals surface area contributed by atoms with Crippen LogP contribution in [0.25, 0.3) is 0 Å². The van der Waals surface area contributed by atoms with Gasteiger partial charge < -0.3 is 10.2 Å². The molecule has 0 amide bonds. The van der Waals surface area contributed by atoms with Crippen molar-refractivity contribution in [2.75, 3.05) is 18.5 Å². The number of hydrogen-bond acceptors (Lipinski definition) is 4. The Hall–Kier alpha value is -1.94. The van der Waals surface area contributed by atoms with Crippen LogP contribution in [0.3, 0.4) is 0 Å². The van der Waals surface area contributed by atoms with Gasteiger partial charge in [-0.05, 0) is 43.7 Å². The summed E-state index contributed by atoms with van der Waals surface area (Å²) in [7, 11) is 2.02. The summed E-state index contributed by atoms with van der Waals surface area (Å²) in [5, 5.41) is 11.9. The zero-order valence-electron chi connectivity index (χ0n) is 12.4. The van der Waals surface area contributed by atoms with E-state index in [1.807, 2.05) is 31.3 Å². The van der Waals surface area contributed by atoms with E-state index in [1.165, 1.54) is 5.56 Å². The fourth-order valence-corrected chi connectivity index (χ4v) is 2.08. The summed E-state index contributed by atoms with van der Waals surface area (Å²) in [6.07, 6.45) is 1.13. The van der Waals surface area contributed by atoms with Crippen LogP contribution in [0.2, 0.25) is 0 Å². The van der Waals surface area contributed by atoms with Crippen molar-refractivity contribution in [3.63, 3.8) is 0 Å². The average Bonchev–Trinajstić information content (AvgIpc) is 2.48. The predicted octanol–water partition coefficient (Wildman–Crippen LogP) is 3.05. The van der Waals surface area contributed by atoms with Gasteiger partial charge in [0.15, 0.2) is 5.82 Å². The van der Waals surface area contributed by atoms with Crippen LogP contribution in [0.1, 0.15) is 24.6 Å².